The Morgan fingerprint density at radius 3 is 2.66 bits per heavy atom. The first-order valence-corrected chi connectivity index (χ1v) is 12.1. The molecule has 1 N–H and O–H groups in total. The Hall–Kier alpha value is -3.30. The largest absolute Gasteiger partial charge is 0.494 e. The number of halogens is 1. The summed E-state index contributed by atoms with van der Waals surface area (Å²) in [5.74, 6) is 1.26. The summed E-state index contributed by atoms with van der Waals surface area (Å²) < 4.78 is 30.9. The Kier molecular flexibility index (Phi) is 8.09. The predicted molar refractivity (Wildman–Crippen MR) is 136 cm³/mol. The lowest BCUT2D eigenvalue weighted by atomic mass is 9.94. The van der Waals surface area contributed by atoms with Gasteiger partial charge in [0.15, 0.2) is 5.11 Å². The van der Waals surface area contributed by atoms with E-state index in [0.29, 0.717) is 43.2 Å². The maximum Gasteiger partial charge on any atom is 0.258 e. The van der Waals surface area contributed by atoms with Crippen molar-refractivity contribution in [1.29, 1.82) is 0 Å². The van der Waals surface area contributed by atoms with Crippen molar-refractivity contribution in [2.45, 2.75) is 33.2 Å². The van der Waals surface area contributed by atoms with Gasteiger partial charge in [0.1, 0.15) is 11.6 Å². The summed E-state index contributed by atoms with van der Waals surface area (Å²) in [5, 5.41) is 8.12. The molecule has 1 aliphatic heterocycles. The maximum atomic E-state index is 14.1. The summed E-state index contributed by atoms with van der Waals surface area (Å²) in [6.45, 7) is 8.43. The van der Waals surface area contributed by atoms with E-state index in [-0.39, 0.29) is 5.82 Å². The number of hydrogen-bond acceptors (Lipinski definition) is 6. The molecule has 0 spiro atoms. The van der Waals surface area contributed by atoms with E-state index in [2.05, 4.69) is 10.5 Å². The van der Waals surface area contributed by atoms with Crippen LogP contribution in [0, 0.1) is 5.82 Å². The summed E-state index contributed by atoms with van der Waals surface area (Å²) in [4.78, 5) is 6.69. The van der Waals surface area contributed by atoms with Gasteiger partial charge in [-0.3, -0.25) is 0 Å². The number of nitrogens with zero attached hydrogens (tertiary/aromatic N) is 3. The lowest BCUT2D eigenvalue weighted by Gasteiger charge is -2.37. The predicted octanol–water partition coefficient (Wildman–Crippen LogP) is 5.36. The highest BCUT2D eigenvalue weighted by molar-refractivity contribution is 7.80. The SMILES string of the molecule is CCOCCCN1C(=S)NC(c2cccc(F)c2)C(c2nc(-c3ccc(OCC)cc3)no2)=C1C. The number of allylic oxidation sites excluding steroid dienone is 1. The fraction of sp³-hybridized carbons (Fsp3) is 0.346. The molecule has 35 heavy (non-hydrogen) atoms. The molecule has 0 saturated heterocycles. The fourth-order valence-corrected chi connectivity index (χ4v) is 4.40. The van der Waals surface area contributed by atoms with E-state index in [0.717, 1.165) is 34.6 Å². The minimum Gasteiger partial charge on any atom is -0.494 e. The van der Waals surface area contributed by atoms with Crippen molar-refractivity contribution in [2.75, 3.05) is 26.4 Å². The highest BCUT2D eigenvalue weighted by atomic mass is 32.1. The molecule has 2 heterocycles. The molecule has 0 bridgehead atoms. The second kappa shape index (κ2) is 11.4. The Morgan fingerprint density at radius 2 is 1.94 bits per heavy atom. The Bertz CT molecular complexity index is 1200. The average Bonchev–Trinajstić information content (AvgIpc) is 3.33. The van der Waals surface area contributed by atoms with Crippen molar-refractivity contribution in [2.24, 2.45) is 0 Å². The molecule has 0 saturated carbocycles. The third-order valence-corrected chi connectivity index (χ3v) is 6.07. The molecule has 1 unspecified atom stereocenters. The second-order valence-electron chi connectivity index (χ2n) is 8.02. The molecule has 4 rings (SSSR count). The molecule has 0 amide bonds. The Balaban J connectivity index is 1.70. The maximum absolute atomic E-state index is 14.1. The van der Waals surface area contributed by atoms with Crippen molar-refractivity contribution in [3.8, 4) is 17.1 Å². The topological polar surface area (TPSA) is 72.7 Å². The number of nitrogens with one attached hydrogen (secondary N) is 1. The zero-order chi connectivity index (χ0) is 24.8. The molecule has 2 aromatic carbocycles. The first-order chi connectivity index (χ1) is 17.0. The van der Waals surface area contributed by atoms with Crippen molar-refractivity contribution in [3.05, 3.63) is 71.5 Å². The van der Waals surface area contributed by atoms with Gasteiger partial charge in [-0.2, -0.15) is 4.98 Å². The first kappa shape index (κ1) is 24.8. The van der Waals surface area contributed by atoms with Gasteiger partial charge in [0.05, 0.1) is 18.2 Å². The van der Waals surface area contributed by atoms with Gasteiger partial charge in [0, 0.05) is 31.0 Å². The van der Waals surface area contributed by atoms with Crippen molar-refractivity contribution in [1.82, 2.24) is 20.4 Å². The molecule has 0 radical (unpaired) electrons. The van der Waals surface area contributed by atoms with E-state index in [1.165, 1.54) is 12.1 Å². The van der Waals surface area contributed by atoms with Crippen LogP contribution in [-0.4, -0.2) is 46.5 Å². The molecule has 1 aliphatic rings. The lowest BCUT2D eigenvalue weighted by molar-refractivity contribution is 0.141. The normalized spacial score (nSPS) is 15.9. The molecule has 9 heteroatoms. The van der Waals surface area contributed by atoms with Crippen molar-refractivity contribution < 1.29 is 18.4 Å². The Labute approximate surface area is 209 Å². The minimum atomic E-state index is -0.435. The summed E-state index contributed by atoms with van der Waals surface area (Å²) in [6.07, 6.45) is 0.798. The first-order valence-electron chi connectivity index (χ1n) is 11.7. The highest BCUT2D eigenvalue weighted by Gasteiger charge is 2.34. The zero-order valence-corrected chi connectivity index (χ0v) is 20.9. The number of benzene rings is 2. The van der Waals surface area contributed by atoms with Crippen LogP contribution in [0.4, 0.5) is 4.39 Å². The van der Waals surface area contributed by atoms with Crippen LogP contribution in [0.2, 0.25) is 0 Å². The molecule has 184 valence electrons. The number of rotatable bonds is 10. The fourth-order valence-electron chi connectivity index (χ4n) is 4.05. The van der Waals surface area contributed by atoms with Crippen LogP contribution in [0.5, 0.6) is 5.75 Å². The highest BCUT2D eigenvalue weighted by Crippen LogP contribution is 2.37. The van der Waals surface area contributed by atoms with Gasteiger partial charge in [0.2, 0.25) is 5.82 Å². The second-order valence-corrected chi connectivity index (χ2v) is 8.41. The van der Waals surface area contributed by atoms with Crippen LogP contribution in [0.25, 0.3) is 17.0 Å². The van der Waals surface area contributed by atoms with Gasteiger partial charge in [-0.25, -0.2) is 4.39 Å². The van der Waals surface area contributed by atoms with Crippen LogP contribution in [0.1, 0.15) is 44.7 Å². The number of ether oxygens (including phenoxy) is 2. The van der Waals surface area contributed by atoms with Crippen LogP contribution in [0.3, 0.4) is 0 Å². The summed E-state index contributed by atoms with van der Waals surface area (Å²) >= 11 is 5.68. The number of thiocarbonyl (C=S) groups is 1. The summed E-state index contributed by atoms with van der Waals surface area (Å²) in [5.41, 5.74) is 3.15. The molecular weight excluding hydrogens is 467 g/mol. The molecule has 1 aromatic heterocycles. The molecule has 1 atom stereocenters. The molecule has 3 aromatic rings. The summed E-state index contributed by atoms with van der Waals surface area (Å²) in [6, 6.07) is 13.5. The third-order valence-electron chi connectivity index (χ3n) is 5.73. The monoisotopic (exact) mass is 496 g/mol. The van der Waals surface area contributed by atoms with Crippen LogP contribution < -0.4 is 10.1 Å². The standard InChI is InChI=1S/C26H29FN4O3S/c1-4-32-15-7-14-31-17(3)22(23(28-26(31)35)19-8-6-9-20(27)16-19)25-29-24(30-34-25)18-10-12-21(13-11-18)33-5-2/h6,8-13,16,23H,4-5,7,14-15H2,1-3H3,(H,28,35). The molecular formula is C26H29FN4O3S. The van der Waals surface area contributed by atoms with Crippen molar-refractivity contribution in [3.63, 3.8) is 0 Å². The molecule has 0 aliphatic carbocycles. The minimum absolute atomic E-state index is 0.327. The van der Waals surface area contributed by atoms with E-state index in [1.807, 2.05) is 56.0 Å². The van der Waals surface area contributed by atoms with Gasteiger partial charge < -0.3 is 24.2 Å². The van der Waals surface area contributed by atoms with Gasteiger partial charge in [0.25, 0.3) is 5.89 Å². The van der Waals surface area contributed by atoms with E-state index in [4.69, 9.17) is 31.2 Å². The van der Waals surface area contributed by atoms with Gasteiger partial charge in [-0.1, -0.05) is 17.3 Å². The van der Waals surface area contributed by atoms with Gasteiger partial charge in [-0.15, -0.1) is 0 Å². The van der Waals surface area contributed by atoms with Crippen LogP contribution >= 0.6 is 12.2 Å². The quantitative estimate of drug-likeness (QED) is 0.297. The number of hydrogen-bond donors (Lipinski definition) is 1. The summed E-state index contributed by atoms with van der Waals surface area (Å²) in [7, 11) is 0. The number of aromatic nitrogens is 2. The van der Waals surface area contributed by atoms with E-state index in [1.54, 1.807) is 6.07 Å². The third kappa shape index (κ3) is 5.68. The van der Waals surface area contributed by atoms with E-state index < -0.39 is 6.04 Å². The lowest BCUT2D eigenvalue weighted by Crippen LogP contribution is -2.46. The van der Waals surface area contributed by atoms with E-state index in [9.17, 15) is 4.39 Å². The Morgan fingerprint density at radius 1 is 1.14 bits per heavy atom. The van der Waals surface area contributed by atoms with Gasteiger partial charge >= 0.3 is 0 Å². The van der Waals surface area contributed by atoms with Crippen molar-refractivity contribution >= 4 is 22.9 Å². The zero-order valence-electron chi connectivity index (χ0n) is 20.1. The molecule has 0 fully saturated rings. The van der Waals surface area contributed by atoms with Crippen LogP contribution in [-0.2, 0) is 4.74 Å². The van der Waals surface area contributed by atoms with Gasteiger partial charge in [-0.05, 0) is 81.4 Å². The van der Waals surface area contributed by atoms with Crippen LogP contribution in [0.15, 0.2) is 58.8 Å². The smallest absolute Gasteiger partial charge is 0.258 e. The average molecular weight is 497 g/mol. The van der Waals surface area contributed by atoms with E-state index >= 15 is 0 Å². The molecule has 7 nitrogen and oxygen atoms in total.